The molecular formula is C33H33ClF3NO2. The van der Waals surface area contributed by atoms with Crippen molar-refractivity contribution in [3.05, 3.63) is 106 Å². The topological polar surface area (TPSA) is 38.3 Å². The molecule has 0 aromatic heterocycles. The molecule has 0 aliphatic heterocycles. The van der Waals surface area contributed by atoms with Gasteiger partial charge in [0.25, 0.3) is 0 Å². The fraction of sp³-hybridized carbons (Fsp3) is 0.303. The Morgan fingerprint density at radius 1 is 0.925 bits per heavy atom. The minimum Gasteiger partial charge on any atom is -0.463 e. The van der Waals surface area contributed by atoms with E-state index >= 15 is 0 Å². The zero-order valence-corrected chi connectivity index (χ0v) is 23.6. The monoisotopic (exact) mass is 567 g/mol. The summed E-state index contributed by atoms with van der Waals surface area (Å²) in [6.07, 6.45) is -4.29. The van der Waals surface area contributed by atoms with Crippen LogP contribution in [0.4, 0.5) is 13.2 Å². The van der Waals surface area contributed by atoms with Gasteiger partial charge in [-0.1, -0.05) is 72.3 Å². The highest BCUT2D eigenvalue weighted by Gasteiger charge is 2.33. The lowest BCUT2D eigenvalue weighted by Gasteiger charge is -2.17. The normalized spacial score (nSPS) is 12.6. The van der Waals surface area contributed by atoms with Crippen molar-refractivity contribution in [3.8, 4) is 11.1 Å². The molecule has 0 heterocycles. The zero-order valence-electron chi connectivity index (χ0n) is 22.8. The van der Waals surface area contributed by atoms with E-state index in [1.165, 1.54) is 6.07 Å². The molecule has 0 aliphatic rings. The molecule has 0 saturated carbocycles. The Balaban J connectivity index is 1.62. The van der Waals surface area contributed by atoms with Crippen molar-refractivity contribution in [1.29, 1.82) is 0 Å². The second-order valence-electron chi connectivity index (χ2n) is 10.3. The number of hydrogen-bond acceptors (Lipinski definition) is 3. The van der Waals surface area contributed by atoms with Gasteiger partial charge < -0.3 is 10.1 Å². The van der Waals surface area contributed by atoms with Crippen molar-refractivity contribution < 1.29 is 22.7 Å². The number of esters is 1. The molecule has 40 heavy (non-hydrogen) atoms. The molecule has 1 N–H and O–H groups in total. The number of hydrogen-bond donors (Lipinski definition) is 1. The largest absolute Gasteiger partial charge is 0.463 e. The van der Waals surface area contributed by atoms with Crippen molar-refractivity contribution in [3.63, 3.8) is 0 Å². The van der Waals surface area contributed by atoms with E-state index < -0.39 is 17.7 Å². The fourth-order valence-corrected chi connectivity index (χ4v) is 5.08. The van der Waals surface area contributed by atoms with Gasteiger partial charge in [0, 0.05) is 17.5 Å². The highest BCUT2D eigenvalue weighted by Crippen LogP contribution is 2.37. The smallest absolute Gasteiger partial charge is 0.416 e. The molecule has 4 rings (SSSR count). The van der Waals surface area contributed by atoms with Crippen molar-refractivity contribution >= 4 is 28.3 Å². The first-order chi connectivity index (χ1) is 19.0. The number of aryl methyl sites for hydroxylation is 1. The van der Waals surface area contributed by atoms with Crippen molar-refractivity contribution in [2.45, 2.75) is 58.4 Å². The van der Waals surface area contributed by atoms with E-state index in [-0.39, 0.29) is 30.6 Å². The quantitative estimate of drug-likeness (QED) is 0.194. The zero-order chi connectivity index (χ0) is 28.9. The highest BCUT2D eigenvalue weighted by atomic mass is 35.5. The molecule has 4 aromatic rings. The van der Waals surface area contributed by atoms with Gasteiger partial charge in [0.05, 0.1) is 11.7 Å². The molecule has 0 bridgehead atoms. The van der Waals surface area contributed by atoms with E-state index in [2.05, 4.69) is 18.3 Å². The maximum Gasteiger partial charge on any atom is 0.416 e. The van der Waals surface area contributed by atoms with E-state index in [1.807, 2.05) is 54.6 Å². The number of benzene rings is 4. The maximum atomic E-state index is 13.9. The van der Waals surface area contributed by atoms with Gasteiger partial charge >= 0.3 is 12.1 Å². The van der Waals surface area contributed by atoms with Crippen molar-refractivity contribution in [1.82, 2.24) is 5.32 Å². The molecule has 0 saturated heterocycles. The number of carbonyl (C=O) groups excluding carboxylic acids is 1. The average molecular weight is 568 g/mol. The standard InChI is InChI=1S/C33H33ClF3NO2/c1-21(2)40-32(39)14-12-27-19-26(11-13-31(27)33(35,36)37)30-18-23(17-25-7-4-5-10-29(25)30)15-16-38-22(3)24-8-6-9-28(34)20-24/h4-11,13,17-22,38H,12,14-16H2,1-3H3/t22-/m1/s1. The van der Waals surface area contributed by atoms with E-state index in [0.717, 1.165) is 39.9 Å². The van der Waals surface area contributed by atoms with Crippen LogP contribution in [0, 0.1) is 0 Å². The molecule has 0 amide bonds. The molecule has 4 aromatic carbocycles. The first kappa shape index (κ1) is 29.6. The fourth-order valence-electron chi connectivity index (χ4n) is 4.89. The SMILES string of the molecule is CC(C)OC(=O)CCc1cc(-c2cc(CCN[C@H](C)c3cccc(Cl)c3)cc3ccccc23)ccc1C(F)(F)F. The van der Waals surface area contributed by atoms with Crippen LogP contribution >= 0.6 is 11.6 Å². The summed E-state index contributed by atoms with van der Waals surface area (Å²) in [4.78, 5) is 12.1. The third-order valence-electron chi connectivity index (χ3n) is 6.82. The predicted molar refractivity (Wildman–Crippen MR) is 156 cm³/mol. The van der Waals surface area contributed by atoms with Gasteiger partial charge in [-0.25, -0.2) is 0 Å². The van der Waals surface area contributed by atoms with Crippen molar-refractivity contribution in [2.24, 2.45) is 0 Å². The summed E-state index contributed by atoms with van der Waals surface area (Å²) in [5.74, 6) is -0.513. The number of nitrogens with one attached hydrogen (secondary N) is 1. The second-order valence-corrected chi connectivity index (χ2v) is 10.7. The van der Waals surface area contributed by atoms with Crippen molar-refractivity contribution in [2.75, 3.05) is 6.54 Å². The second kappa shape index (κ2) is 12.9. The molecule has 7 heteroatoms. The Morgan fingerprint density at radius 3 is 2.42 bits per heavy atom. The van der Waals surface area contributed by atoms with Crippen LogP contribution in [0.2, 0.25) is 5.02 Å². The Labute approximate surface area is 238 Å². The maximum absolute atomic E-state index is 13.9. The summed E-state index contributed by atoms with van der Waals surface area (Å²) >= 11 is 6.14. The number of ether oxygens (including phenoxy) is 1. The summed E-state index contributed by atoms with van der Waals surface area (Å²) in [5, 5.41) is 6.19. The van der Waals surface area contributed by atoms with Gasteiger partial charge in [0.1, 0.15) is 0 Å². The van der Waals surface area contributed by atoms with E-state index in [4.69, 9.17) is 16.3 Å². The van der Waals surface area contributed by atoms with Gasteiger partial charge in [-0.15, -0.1) is 0 Å². The van der Waals surface area contributed by atoms with Gasteiger partial charge in [-0.3, -0.25) is 4.79 Å². The molecule has 210 valence electrons. The number of rotatable bonds is 10. The van der Waals surface area contributed by atoms with E-state index in [1.54, 1.807) is 19.9 Å². The average Bonchev–Trinajstić information content (AvgIpc) is 2.90. The molecule has 1 atom stereocenters. The molecule has 3 nitrogen and oxygen atoms in total. The summed E-state index contributed by atoms with van der Waals surface area (Å²) in [7, 11) is 0. The third kappa shape index (κ3) is 7.64. The summed E-state index contributed by atoms with van der Waals surface area (Å²) in [6, 6.07) is 24.1. The predicted octanol–water partition coefficient (Wildman–Crippen LogP) is 8.96. The summed E-state index contributed by atoms with van der Waals surface area (Å²) in [5.41, 5.74) is 3.06. The first-order valence-electron chi connectivity index (χ1n) is 13.4. The lowest BCUT2D eigenvalue weighted by atomic mass is 9.91. The number of fused-ring (bicyclic) bond motifs is 1. The molecule has 0 fully saturated rings. The molecule has 0 unspecified atom stereocenters. The number of halogens is 4. The van der Waals surface area contributed by atoms with Gasteiger partial charge in [0.2, 0.25) is 0 Å². The lowest BCUT2D eigenvalue weighted by Crippen LogP contribution is -2.21. The molecule has 0 aliphatic carbocycles. The molecule has 0 radical (unpaired) electrons. The van der Waals surface area contributed by atoms with Crippen LogP contribution < -0.4 is 5.32 Å². The number of alkyl halides is 3. The summed E-state index contributed by atoms with van der Waals surface area (Å²) in [6.45, 7) is 6.22. The molecular weight excluding hydrogens is 535 g/mol. The lowest BCUT2D eigenvalue weighted by molar-refractivity contribution is -0.147. The van der Waals surface area contributed by atoms with E-state index in [9.17, 15) is 18.0 Å². The van der Waals surface area contributed by atoms with Crippen LogP contribution in [0.15, 0.2) is 78.9 Å². The Bertz CT molecular complexity index is 1480. The van der Waals surface area contributed by atoms with Crippen LogP contribution in [0.25, 0.3) is 21.9 Å². The molecule has 0 spiro atoms. The van der Waals surface area contributed by atoms with Crippen LogP contribution in [0.3, 0.4) is 0 Å². The van der Waals surface area contributed by atoms with Crippen LogP contribution in [0.1, 0.15) is 55.5 Å². The van der Waals surface area contributed by atoms with Crippen LogP contribution in [-0.2, 0) is 28.5 Å². The van der Waals surface area contributed by atoms with Crippen LogP contribution in [-0.4, -0.2) is 18.6 Å². The minimum atomic E-state index is -4.52. The van der Waals surface area contributed by atoms with Gasteiger partial charge in [-0.05, 0) is 96.9 Å². The first-order valence-corrected chi connectivity index (χ1v) is 13.8. The van der Waals surface area contributed by atoms with Gasteiger partial charge in [-0.2, -0.15) is 13.2 Å². The number of carbonyl (C=O) groups is 1. The summed E-state index contributed by atoms with van der Waals surface area (Å²) < 4.78 is 46.7. The van der Waals surface area contributed by atoms with Gasteiger partial charge in [0.15, 0.2) is 0 Å². The Hall–Kier alpha value is -3.35. The highest BCUT2D eigenvalue weighted by molar-refractivity contribution is 6.30. The third-order valence-corrected chi connectivity index (χ3v) is 7.06. The Morgan fingerprint density at radius 2 is 1.70 bits per heavy atom. The van der Waals surface area contributed by atoms with E-state index in [0.29, 0.717) is 17.1 Å². The Kier molecular flexibility index (Phi) is 9.54. The van der Waals surface area contributed by atoms with Crippen LogP contribution in [0.5, 0.6) is 0 Å². The minimum absolute atomic E-state index is 0.0584.